The van der Waals surface area contributed by atoms with Crippen LogP contribution in [-0.2, 0) is 0 Å². The fraction of sp³-hybridized carbons (Fsp3) is 0.182. The van der Waals surface area contributed by atoms with Crippen molar-refractivity contribution >= 4 is 10.9 Å². The molecular weight excluding hydrogens is 193 g/mol. The van der Waals surface area contributed by atoms with Crippen LogP contribution < -0.4 is 11.1 Å². The van der Waals surface area contributed by atoms with Crippen LogP contribution in [0.15, 0.2) is 30.5 Å². The number of benzene rings is 1. The van der Waals surface area contributed by atoms with Crippen molar-refractivity contribution in [3.05, 3.63) is 41.8 Å². The van der Waals surface area contributed by atoms with Crippen molar-refractivity contribution in [1.82, 2.24) is 10.3 Å². The summed E-state index contributed by atoms with van der Waals surface area (Å²) in [4.78, 5) is 3.97. The third-order valence-electron chi connectivity index (χ3n) is 2.35. The number of nitrogens with two attached hydrogens (primary N) is 1. The van der Waals surface area contributed by atoms with Crippen LogP contribution in [-0.4, -0.2) is 12.0 Å². The zero-order valence-corrected chi connectivity index (χ0v) is 8.37. The average molecular weight is 205 g/mol. The molecule has 0 radical (unpaired) electrons. The Morgan fingerprint density at radius 2 is 2.27 bits per heavy atom. The van der Waals surface area contributed by atoms with Gasteiger partial charge in [-0.2, -0.15) is 0 Å². The van der Waals surface area contributed by atoms with Gasteiger partial charge < -0.3 is 11.1 Å². The van der Waals surface area contributed by atoms with Crippen LogP contribution >= 0.6 is 0 Å². The third kappa shape index (κ3) is 1.82. The van der Waals surface area contributed by atoms with E-state index in [2.05, 4.69) is 10.3 Å². The second-order valence-corrected chi connectivity index (χ2v) is 3.34. The predicted octanol–water partition coefficient (Wildman–Crippen LogP) is 1.55. The Kier molecular flexibility index (Phi) is 2.62. The minimum Gasteiger partial charge on any atom is -0.312 e. The first-order chi connectivity index (χ1) is 7.22. The summed E-state index contributed by atoms with van der Waals surface area (Å²) in [7, 11) is 1.73. The third-order valence-corrected chi connectivity index (χ3v) is 2.35. The first-order valence-electron chi connectivity index (χ1n) is 4.69. The molecule has 0 amide bonds. The van der Waals surface area contributed by atoms with Gasteiger partial charge in [0.15, 0.2) is 0 Å². The van der Waals surface area contributed by atoms with Crippen LogP contribution in [0.3, 0.4) is 0 Å². The van der Waals surface area contributed by atoms with Crippen molar-refractivity contribution < 1.29 is 4.39 Å². The Bertz CT molecular complexity index is 484. The lowest BCUT2D eigenvalue weighted by atomic mass is 10.1. The molecular formula is C11H12FN3. The zero-order chi connectivity index (χ0) is 10.8. The van der Waals surface area contributed by atoms with Crippen LogP contribution in [0.2, 0.25) is 0 Å². The van der Waals surface area contributed by atoms with Gasteiger partial charge in [0, 0.05) is 11.6 Å². The van der Waals surface area contributed by atoms with Crippen LogP contribution in [0.25, 0.3) is 10.9 Å². The van der Waals surface area contributed by atoms with Gasteiger partial charge in [0.05, 0.1) is 6.17 Å². The minimum atomic E-state index is -0.357. The van der Waals surface area contributed by atoms with E-state index in [1.54, 1.807) is 19.3 Å². The monoisotopic (exact) mass is 205 g/mol. The Balaban J connectivity index is 2.62. The van der Waals surface area contributed by atoms with E-state index in [1.807, 2.05) is 12.1 Å². The van der Waals surface area contributed by atoms with Gasteiger partial charge in [-0.25, -0.2) is 4.39 Å². The Labute approximate surface area is 87.1 Å². The van der Waals surface area contributed by atoms with Gasteiger partial charge in [0.25, 0.3) is 0 Å². The lowest BCUT2D eigenvalue weighted by molar-refractivity contribution is 0.602. The van der Waals surface area contributed by atoms with Gasteiger partial charge in [0.2, 0.25) is 0 Å². The fourth-order valence-electron chi connectivity index (χ4n) is 1.52. The van der Waals surface area contributed by atoms with Gasteiger partial charge in [-0.05, 0) is 30.8 Å². The number of nitrogens with one attached hydrogen (secondary N) is 1. The SMILES string of the molecule is CNC(N)c1cc(F)c2ncccc2c1. The number of aromatic nitrogens is 1. The molecule has 0 saturated heterocycles. The molecule has 0 saturated carbocycles. The Morgan fingerprint density at radius 3 is 3.00 bits per heavy atom. The Hall–Kier alpha value is -1.52. The molecule has 1 aromatic heterocycles. The topological polar surface area (TPSA) is 50.9 Å². The number of hydrogen-bond acceptors (Lipinski definition) is 3. The number of hydrogen-bond donors (Lipinski definition) is 2. The molecule has 0 spiro atoms. The molecule has 0 aliphatic carbocycles. The molecule has 0 aliphatic rings. The highest BCUT2D eigenvalue weighted by Gasteiger charge is 2.08. The molecule has 1 heterocycles. The summed E-state index contributed by atoms with van der Waals surface area (Å²) in [6, 6.07) is 6.84. The van der Waals surface area contributed by atoms with Gasteiger partial charge in [0.1, 0.15) is 11.3 Å². The smallest absolute Gasteiger partial charge is 0.149 e. The van der Waals surface area contributed by atoms with Crippen LogP contribution in [0.1, 0.15) is 11.7 Å². The molecule has 15 heavy (non-hydrogen) atoms. The highest BCUT2D eigenvalue weighted by Crippen LogP contribution is 2.19. The summed E-state index contributed by atoms with van der Waals surface area (Å²) in [6.45, 7) is 0. The molecule has 2 aromatic rings. The van der Waals surface area contributed by atoms with Crippen molar-refractivity contribution in [2.75, 3.05) is 7.05 Å². The quantitative estimate of drug-likeness (QED) is 0.731. The van der Waals surface area contributed by atoms with Crippen LogP contribution in [0.4, 0.5) is 4.39 Å². The van der Waals surface area contributed by atoms with E-state index in [-0.39, 0.29) is 12.0 Å². The summed E-state index contributed by atoms with van der Waals surface area (Å²) in [5.41, 5.74) is 6.85. The molecule has 0 fully saturated rings. The maximum absolute atomic E-state index is 13.6. The molecule has 1 aromatic carbocycles. The number of nitrogens with zero attached hydrogens (tertiary/aromatic N) is 1. The number of halogens is 1. The van der Waals surface area contributed by atoms with Gasteiger partial charge in [-0.15, -0.1) is 0 Å². The summed E-state index contributed by atoms with van der Waals surface area (Å²) in [6.07, 6.45) is 1.22. The predicted molar refractivity (Wildman–Crippen MR) is 57.7 cm³/mol. The average Bonchev–Trinajstić information content (AvgIpc) is 2.28. The van der Waals surface area contributed by atoms with E-state index in [0.29, 0.717) is 5.52 Å². The Morgan fingerprint density at radius 1 is 1.47 bits per heavy atom. The first-order valence-corrected chi connectivity index (χ1v) is 4.69. The maximum Gasteiger partial charge on any atom is 0.149 e. The molecule has 0 bridgehead atoms. The van der Waals surface area contributed by atoms with E-state index >= 15 is 0 Å². The largest absolute Gasteiger partial charge is 0.312 e. The summed E-state index contributed by atoms with van der Waals surface area (Å²) >= 11 is 0. The number of pyridine rings is 1. The van der Waals surface area contributed by atoms with Crippen molar-refractivity contribution in [2.45, 2.75) is 6.17 Å². The highest BCUT2D eigenvalue weighted by molar-refractivity contribution is 5.79. The van der Waals surface area contributed by atoms with Crippen molar-refractivity contribution in [3.8, 4) is 0 Å². The first kappa shape index (κ1) is 10.0. The summed E-state index contributed by atoms with van der Waals surface area (Å²) in [5, 5.41) is 3.63. The number of rotatable bonds is 2. The van der Waals surface area contributed by atoms with Crippen LogP contribution in [0.5, 0.6) is 0 Å². The summed E-state index contributed by atoms with van der Waals surface area (Å²) in [5.74, 6) is -0.339. The molecule has 3 nitrogen and oxygen atoms in total. The lowest BCUT2D eigenvalue weighted by Gasteiger charge is -2.11. The van der Waals surface area contributed by atoms with Crippen molar-refractivity contribution in [1.29, 1.82) is 0 Å². The molecule has 0 aliphatic heterocycles. The van der Waals surface area contributed by atoms with Gasteiger partial charge in [-0.3, -0.25) is 4.98 Å². The van der Waals surface area contributed by atoms with Gasteiger partial charge in [-0.1, -0.05) is 6.07 Å². The molecule has 3 N–H and O–H groups in total. The molecule has 1 atom stereocenters. The zero-order valence-electron chi connectivity index (χ0n) is 8.37. The van der Waals surface area contributed by atoms with E-state index in [9.17, 15) is 4.39 Å². The van der Waals surface area contributed by atoms with Crippen LogP contribution in [0, 0.1) is 5.82 Å². The fourth-order valence-corrected chi connectivity index (χ4v) is 1.52. The second kappa shape index (κ2) is 3.92. The normalized spacial score (nSPS) is 13.0. The molecule has 2 rings (SSSR count). The highest BCUT2D eigenvalue weighted by atomic mass is 19.1. The standard InChI is InChI=1S/C11H12FN3/c1-14-11(13)8-5-7-3-2-4-15-10(7)9(12)6-8/h2-6,11,14H,13H2,1H3. The van der Waals surface area contributed by atoms with E-state index < -0.39 is 0 Å². The van der Waals surface area contributed by atoms with E-state index in [1.165, 1.54) is 6.07 Å². The number of fused-ring (bicyclic) bond motifs is 1. The van der Waals surface area contributed by atoms with Gasteiger partial charge >= 0.3 is 0 Å². The van der Waals surface area contributed by atoms with Crippen molar-refractivity contribution in [3.63, 3.8) is 0 Å². The minimum absolute atomic E-state index is 0.339. The molecule has 78 valence electrons. The summed E-state index contributed by atoms with van der Waals surface area (Å²) < 4.78 is 13.6. The second-order valence-electron chi connectivity index (χ2n) is 3.34. The van der Waals surface area contributed by atoms with E-state index in [4.69, 9.17) is 5.73 Å². The van der Waals surface area contributed by atoms with Crippen molar-refractivity contribution in [2.24, 2.45) is 5.73 Å². The maximum atomic E-state index is 13.6. The van der Waals surface area contributed by atoms with E-state index in [0.717, 1.165) is 10.9 Å². The molecule has 4 heteroatoms. The molecule has 1 unspecified atom stereocenters. The lowest BCUT2D eigenvalue weighted by Crippen LogP contribution is -2.24.